The Bertz CT molecular complexity index is 839. The van der Waals surface area contributed by atoms with Gasteiger partial charge < -0.3 is 19.9 Å². The van der Waals surface area contributed by atoms with Gasteiger partial charge in [-0.05, 0) is 25.2 Å². The summed E-state index contributed by atoms with van der Waals surface area (Å²) in [5.74, 6) is 0.391. The van der Waals surface area contributed by atoms with Crippen LogP contribution in [-0.2, 0) is 6.18 Å². The maximum Gasteiger partial charge on any atom is 0.416 e. The fraction of sp³-hybridized carbons (Fsp3) is 0.421. The second-order valence-electron chi connectivity index (χ2n) is 6.68. The molecular weight excluding hydrogens is 387 g/mol. The summed E-state index contributed by atoms with van der Waals surface area (Å²) in [6.07, 6.45) is -3.08. The highest BCUT2D eigenvalue weighted by atomic mass is 19.4. The van der Waals surface area contributed by atoms with E-state index in [0.717, 1.165) is 38.3 Å². The van der Waals surface area contributed by atoms with E-state index in [9.17, 15) is 18.0 Å². The van der Waals surface area contributed by atoms with Gasteiger partial charge in [-0.1, -0.05) is 6.07 Å². The minimum Gasteiger partial charge on any atom is -0.492 e. The van der Waals surface area contributed by atoms with E-state index >= 15 is 0 Å². The Kier molecular flexibility index (Phi) is 6.53. The van der Waals surface area contributed by atoms with Gasteiger partial charge >= 0.3 is 6.18 Å². The summed E-state index contributed by atoms with van der Waals surface area (Å²) in [6.45, 7) is 3.63. The van der Waals surface area contributed by atoms with Crippen LogP contribution in [0.1, 0.15) is 16.1 Å². The van der Waals surface area contributed by atoms with Crippen molar-refractivity contribution in [3.63, 3.8) is 0 Å². The third-order valence-electron chi connectivity index (χ3n) is 4.53. The van der Waals surface area contributed by atoms with Crippen molar-refractivity contribution in [1.29, 1.82) is 0 Å². The maximum absolute atomic E-state index is 12.7. The first-order chi connectivity index (χ1) is 13.8. The van der Waals surface area contributed by atoms with Crippen LogP contribution in [0.3, 0.4) is 0 Å². The van der Waals surface area contributed by atoms with Gasteiger partial charge in [-0.2, -0.15) is 13.2 Å². The van der Waals surface area contributed by atoms with E-state index in [4.69, 9.17) is 4.74 Å². The molecule has 7 nitrogen and oxygen atoms in total. The van der Waals surface area contributed by atoms with Gasteiger partial charge in [0.15, 0.2) is 0 Å². The van der Waals surface area contributed by atoms with Gasteiger partial charge in [0.05, 0.1) is 12.1 Å². The van der Waals surface area contributed by atoms with Crippen LogP contribution < -0.4 is 15.0 Å². The lowest BCUT2D eigenvalue weighted by molar-refractivity contribution is -0.137. The van der Waals surface area contributed by atoms with Gasteiger partial charge in [0, 0.05) is 32.2 Å². The molecule has 29 heavy (non-hydrogen) atoms. The van der Waals surface area contributed by atoms with Crippen molar-refractivity contribution < 1.29 is 22.7 Å². The van der Waals surface area contributed by atoms with Crippen LogP contribution in [0.5, 0.6) is 5.75 Å². The summed E-state index contributed by atoms with van der Waals surface area (Å²) in [5, 5.41) is 2.65. The quantitative estimate of drug-likeness (QED) is 0.737. The van der Waals surface area contributed by atoms with Crippen LogP contribution in [0.25, 0.3) is 0 Å². The molecule has 0 atom stereocenters. The molecule has 1 saturated heterocycles. The van der Waals surface area contributed by atoms with E-state index in [1.807, 2.05) is 0 Å². The van der Waals surface area contributed by atoms with Gasteiger partial charge in [-0.3, -0.25) is 4.79 Å². The number of hydrogen-bond acceptors (Lipinski definition) is 6. The minimum absolute atomic E-state index is 0.0312. The van der Waals surface area contributed by atoms with E-state index in [0.29, 0.717) is 5.82 Å². The lowest BCUT2D eigenvalue weighted by Gasteiger charge is -2.33. The van der Waals surface area contributed by atoms with E-state index in [-0.39, 0.29) is 24.6 Å². The lowest BCUT2D eigenvalue weighted by Crippen LogP contribution is -2.45. The number of rotatable bonds is 6. The summed E-state index contributed by atoms with van der Waals surface area (Å²) in [4.78, 5) is 24.8. The number of ether oxygens (including phenoxy) is 1. The predicted molar refractivity (Wildman–Crippen MR) is 101 cm³/mol. The number of amides is 1. The SMILES string of the molecule is CN1CCN(c2cc(C(=O)NCCOc3cccc(C(F)(F)F)c3)ncn2)CC1. The highest BCUT2D eigenvalue weighted by Crippen LogP contribution is 2.31. The second kappa shape index (κ2) is 9.08. The summed E-state index contributed by atoms with van der Waals surface area (Å²) in [6, 6.07) is 6.24. The third-order valence-corrected chi connectivity index (χ3v) is 4.53. The normalized spacial score (nSPS) is 15.2. The molecule has 0 radical (unpaired) electrons. The predicted octanol–water partition coefficient (Wildman–Crippen LogP) is 2.06. The third kappa shape index (κ3) is 5.80. The smallest absolute Gasteiger partial charge is 0.416 e. The number of halogens is 3. The van der Waals surface area contributed by atoms with E-state index in [1.54, 1.807) is 6.07 Å². The second-order valence-corrected chi connectivity index (χ2v) is 6.68. The standard InChI is InChI=1S/C19H22F3N5O2/c1-26-6-8-27(9-7-26)17-12-16(24-13-25-17)18(28)23-5-10-29-15-4-2-3-14(11-15)19(20,21)22/h2-4,11-13H,5-10H2,1H3,(H,23,28). The van der Waals surface area contributed by atoms with Crippen molar-refractivity contribution in [2.45, 2.75) is 6.18 Å². The molecule has 2 aromatic rings. The fourth-order valence-corrected chi connectivity index (χ4v) is 2.87. The molecule has 1 aromatic heterocycles. The molecule has 1 N–H and O–H groups in total. The Balaban J connectivity index is 1.49. The zero-order valence-corrected chi connectivity index (χ0v) is 15.9. The molecule has 10 heteroatoms. The fourth-order valence-electron chi connectivity index (χ4n) is 2.87. The molecule has 2 heterocycles. The first kappa shape index (κ1) is 20.8. The average molecular weight is 409 g/mol. The molecule has 156 valence electrons. The van der Waals surface area contributed by atoms with Gasteiger partial charge in [0.25, 0.3) is 5.91 Å². The van der Waals surface area contributed by atoms with Crippen molar-refractivity contribution in [3.05, 3.63) is 47.9 Å². The summed E-state index contributed by atoms with van der Waals surface area (Å²) in [7, 11) is 2.05. The molecule has 1 amide bonds. The Hall–Kier alpha value is -2.88. The molecule has 1 fully saturated rings. The number of alkyl halides is 3. The molecule has 3 rings (SSSR count). The highest BCUT2D eigenvalue weighted by Gasteiger charge is 2.30. The van der Waals surface area contributed by atoms with Crippen LogP contribution >= 0.6 is 0 Å². The molecule has 1 aliphatic rings. The molecule has 0 unspecified atom stereocenters. The van der Waals surface area contributed by atoms with Crippen LogP contribution in [0.2, 0.25) is 0 Å². The number of carbonyl (C=O) groups is 1. The Morgan fingerprint density at radius 2 is 1.93 bits per heavy atom. The van der Waals surface area contributed by atoms with E-state index in [1.165, 1.54) is 18.5 Å². The first-order valence-electron chi connectivity index (χ1n) is 9.17. The molecule has 1 aromatic carbocycles. The van der Waals surface area contributed by atoms with Gasteiger partial charge in [-0.25, -0.2) is 9.97 Å². The van der Waals surface area contributed by atoms with Crippen molar-refractivity contribution in [2.75, 3.05) is 51.3 Å². The van der Waals surface area contributed by atoms with Crippen LogP contribution in [0, 0.1) is 0 Å². The van der Waals surface area contributed by atoms with Crippen LogP contribution in [0.15, 0.2) is 36.7 Å². The zero-order chi connectivity index (χ0) is 20.9. The lowest BCUT2D eigenvalue weighted by atomic mass is 10.2. The Morgan fingerprint density at radius 3 is 2.66 bits per heavy atom. The number of anilines is 1. The number of hydrogen-bond donors (Lipinski definition) is 1. The molecule has 1 aliphatic heterocycles. The number of piperazine rings is 1. The number of benzene rings is 1. The number of carbonyl (C=O) groups excluding carboxylic acids is 1. The first-order valence-corrected chi connectivity index (χ1v) is 9.17. The summed E-state index contributed by atoms with van der Waals surface area (Å²) >= 11 is 0. The monoisotopic (exact) mass is 409 g/mol. The van der Waals surface area contributed by atoms with E-state index in [2.05, 4.69) is 32.1 Å². The molecule has 0 spiro atoms. The molecule has 0 bridgehead atoms. The average Bonchev–Trinajstić information content (AvgIpc) is 2.71. The molecular formula is C19H22F3N5O2. The number of nitrogens with one attached hydrogen (secondary N) is 1. The topological polar surface area (TPSA) is 70.6 Å². The minimum atomic E-state index is -4.43. The van der Waals surface area contributed by atoms with Crippen molar-refractivity contribution in [3.8, 4) is 5.75 Å². The summed E-state index contributed by atoms with van der Waals surface area (Å²) < 4.78 is 43.4. The number of aromatic nitrogens is 2. The maximum atomic E-state index is 12.7. The van der Waals surface area contributed by atoms with Crippen molar-refractivity contribution >= 4 is 11.7 Å². The van der Waals surface area contributed by atoms with Gasteiger partial charge in [-0.15, -0.1) is 0 Å². The Morgan fingerprint density at radius 1 is 1.17 bits per heavy atom. The molecule has 0 saturated carbocycles. The van der Waals surface area contributed by atoms with Gasteiger partial charge in [0.1, 0.15) is 30.2 Å². The van der Waals surface area contributed by atoms with Gasteiger partial charge in [0.2, 0.25) is 0 Å². The van der Waals surface area contributed by atoms with Crippen molar-refractivity contribution in [1.82, 2.24) is 20.2 Å². The Labute approximate surface area is 166 Å². The zero-order valence-electron chi connectivity index (χ0n) is 15.9. The van der Waals surface area contributed by atoms with Crippen LogP contribution in [-0.4, -0.2) is 67.2 Å². The number of nitrogens with zero attached hydrogens (tertiary/aromatic N) is 4. The number of likely N-dealkylation sites (N-methyl/N-ethyl adjacent to an activating group) is 1. The van der Waals surface area contributed by atoms with Crippen molar-refractivity contribution in [2.24, 2.45) is 0 Å². The van der Waals surface area contributed by atoms with Crippen LogP contribution in [0.4, 0.5) is 19.0 Å². The largest absolute Gasteiger partial charge is 0.492 e. The highest BCUT2D eigenvalue weighted by molar-refractivity contribution is 5.92. The molecule has 0 aliphatic carbocycles. The summed E-state index contributed by atoms with van der Waals surface area (Å²) in [5.41, 5.74) is -0.551. The van der Waals surface area contributed by atoms with E-state index < -0.39 is 17.6 Å².